The van der Waals surface area contributed by atoms with Crippen LogP contribution in [0.2, 0.25) is 0 Å². The van der Waals surface area contributed by atoms with Crippen LogP contribution in [0.3, 0.4) is 0 Å². The summed E-state index contributed by atoms with van der Waals surface area (Å²) in [6.45, 7) is 2.35. The molecule has 0 spiro atoms. The SMILES string of the molecule is CCOC(=O)CCC(=O)N(C)Cc1cccc(F)c1. The Morgan fingerprint density at radius 2 is 2.05 bits per heavy atom. The van der Waals surface area contributed by atoms with Gasteiger partial charge >= 0.3 is 5.97 Å². The molecule has 19 heavy (non-hydrogen) atoms. The van der Waals surface area contributed by atoms with Gasteiger partial charge in [-0.3, -0.25) is 9.59 Å². The van der Waals surface area contributed by atoms with Crippen molar-refractivity contribution in [3.05, 3.63) is 35.6 Å². The highest BCUT2D eigenvalue weighted by Gasteiger charge is 2.12. The summed E-state index contributed by atoms with van der Waals surface area (Å²) in [5, 5.41) is 0. The monoisotopic (exact) mass is 267 g/mol. The molecule has 0 atom stereocenters. The summed E-state index contributed by atoms with van der Waals surface area (Å²) in [4.78, 5) is 24.4. The van der Waals surface area contributed by atoms with Crippen molar-refractivity contribution < 1.29 is 18.7 Å². The lowest BCUT2D eigenvalue weighted by molar-refractivity contribution is -0.145. The molecular weight excluding hydrogens is 249 g/mol. The number of carbonyl (C=O) groups is 2. The first-order chi connectivity index (χ1) is 9.02. The molecule has 0 N–H and O–H groups in total. The average Bonchev–Trinajstić information content (AvgIpc) is 2.36. The maximum absolute atomic E-state index is 13.0. The Kier molecular flexibility index (Phi) is 5.99. The number of benzene rings is 1. The average molecular weight is 267 g/mol. The second kappa shape index (κ2) is 7.51. The molecule has 4 nitrogen and oxygen atoms in total. The van der Waals surface area contributed by atoms with E-state index in [9.17, 15) is 14.0 Å². The van der Waals surface area contributed by atoms with Crippen LogP contribution in [0.25, 0.3) is 0 Å². The van der Waals surface area contributed by atoms with Crippen LogP contribution in [-0.2, 0) is 20.9 Å². The normalized spacial score (nSPS) is 10.1. The minimum atomic E-state index is -0.380. The number of carbonyl (C=O) groups excluding carboxylic acids is 2. The summed E-state index contributed by atoms with van der Waals surface area (Å²) in [6, 6.07) is 6.08. The second-order valence-electron chi connectivity index (χ2n) is 4.18. The third-order valence-corrected chi connectivity index (χ3v) is 2.58. The minimum Gasteiger partial charge on any atom is -0.466 e. The number of nitrogens with zero attached hydrogens (tertiary/aromatic N) is 1. The highest BCUT2D eigenvalue weighted by molar-refractivity contribution is 5.81. The van der Waals surface area contributed by atoms with Crippen LogP contribution in [0.5, 0.6) is 0 Å². The fourth-order valence-electron chi connectivity index (χ4n) is 1.63. The highest BCUT2D eigenvalue weighted by atomic mass is 19.1. The number of amides is 1. The molecule has 0 saturated carbocycles. The molecule has 1 aromatic carbocycles. The third kappa shape index (κ3) is 5.50. The summed E-state index contributed by atoms with van der Waals surface area (Å²) in [6.07, 6.45) is 0.171. The van der Waals surface area contributed by atoms with Gasteiger partial charge in [0.05, 0.1) is 13.0 Å². The van der Waals surface area contributed by atoms with Crippen molar-refractivity contribution in [2.24, 2.45) is 0 Å². The van der Waals surface area contributed by atoms with Crippen molar-refractivity contribution >= 4 is 11.9 Å². The molecule has 104 valence electrons. The molecule has 1 amide bonds. The Labute approximate surface area is 112 Å². The minimum absolute atomic E-state index is 0.0696. The van der Waals surface area contributed by atoms with Crippen molar-refractivity contribution in [3.63, 3.8) is 0 Å². The van der Waals surface area contributed by atoms with Gasteiger partial charge in [-0.05, 0) is 24.6 Å². The molecule has 0 heterocycles. The molecule has 0 bridgehead atoms. The zero-order valence-electron chi connectivity index (χ0n) is 11.2. The first kappa shape index (κ1) is 15.1. The van der Waals surface area contributed by atoms with Gasteiger partial charge < -0.3 is 9.64 Å². The fourth-order valence-corrected chi connectivity index (χ4v) is 1.63. The maximum atomic E-state index is 13.0. The van der Waals surface area contributed by atoms with Crippen molar-refractivity contribution in [1.29, 1.82) is 0 Å². The number of hydrogen-bond acceptors (Lipinski definition) is 3. The molecule has 0 aliphatic heterocycles. The smallest absolute Gasteiger partial charge is 0.306 e. The number of rotatable bonds is 6. The van der Waals surface area contributed by atoms with Crippen LogP contribution in [0.15, 0.2) is 24.3 Å². The summed E-state index contributed by atoms with van der Waals surface area (Å²) >= 11 is 0. The number of hydrogen-bond donors (Lipinski definition) is 0. The molecular formula is C14H18FNO3. The summed E-state index contributed by atoms with van der Waals surface area (Å²) in [7, 11) is 1.62. The van der Waals surface area contributed by atoms with Crippen LogP contribution < -0.4 is 0 Å². The lowest BCUT2D eigenvalue weighted by atomic mass is 10.2. The lowest BCUT2D eigenvalue weighted by Crippen LogP contribution is -2.26. The Morgan fingerprint density at radius 1 is 1.32 bits per heavy atom. The Morgan fingerprint density at radius 3 is 2.68 bits per heavy atom. The van der Waals surface area contributed by atoms with Gasteiger partial charge in [0.1, 0.15) is 5.82 Å². The van der Waals surface area contributed by atoms with E-state index in [-0.39, 0.29) is 30.5 Å². The number of ether oxygens (including phenoxy) is 1. The number of esters is 1. The van der Waals surface area contributed by atoms with Gasteiger partial charge in [0, 0.05) is 20.0 Å². The molecule has 0 aromatic heterocycles. The predicted octanol–water partition coefficient (Wildman–Crippen LogP) is 2.13. The molecule has 0 aliphatic rings. The Bertz CT molecular complexity index is 448. The van der Waals surface area contributed by atoms with Gasteiger partial charge in [0.2, 0.25) is 5.91 Å². The Balaban J connectivity index is 2.42. The first-order valence-electron chi connectivity index (χ1n) is 6.17. The molecule has 0 unspecified atom stereocenters. The van der Waals surface area contributed by atoms with E-state index in [2.05, 4.69) is 0 Å². The molecule has 0 aliphatic carbocycles. The summed E-state index contributed by atoms with van der Waals surface area (Å²) in [5.41, 5.74) is 0.715. The van der Waals surface area contributed by atoms with E-state index >= 15 is 0 Å². The van der Waals surface area contributed by atoms with E-state index in [1.807, 2.05) is 0 Å². The predicted molar refractivity (Wildman–Crippen MR) is 68.7 cm³/mol. The van der Waals surface area contributed by atoms with Crippen LogP contribution in [-0.4, -0.2) is 30.4 Å². The van der Waals surface area contributed by atoms with Crippen molar-refractivity contribution in [2.45, 2.75) is 26.3 Å². The molecule has 0 saturated heterocycles. The third-order valence-electron chi connectivity index (χ3n) is 2.58. The van der Waals surface area contributed by atoms with Gasteiger partial charge in [0.25, 0.3) is 0 Å². The standard InChI is InChI=1S/C14H18FNO3/c1-3-19-14(18)8-7-13(17)16(2)10-11-5-4-6-12(15)9-11/h4-6,9H,3,7-8,10H2,1-2H3. The number of halogens is 1. The van der Waals surface area contributed by atoms with Crippen molar-refractivity contribution in [3.8, 4) is 0 Å². The van der Waals surface area contributed by atoms with Crippen LogP contribution in [0.4, 0.5) is 4.39 Å². The zero-order valence-corrected chi connectivity index (χ0v) is 11.2. The van der Waals surface area contributed by atoms with Gasteiger partial charge in [-0.25, -0.2) is 4.39 Å². The van der Waals surface area contributed by atoms with Crippen molar-refractivity contribution in [1.82, 2.24) is 4.90 Å². The second-order valence-corrected chi connectivity index (χ2v) is 4.18. The molecule has 0 radical (unpaired) electrons. The zero-order chi connectivity index (χ0) is 14.3. The molecule has 5 heteroatoms. The quantitative estimate of drug-likeness (QED) is 0.742. The van der Waals surface area contributed by atoms with E-state index < -0.39 is 0 Å². The van der Waals surface area contributed by atoms with Gasteiger partial charge in [-0.2, -0.15) is 0 Å². The van der Waals surface area contributed by atoms with Gasteiger partial charge in [-0.15, -0.1) is 0 Å². The van der Waals surface area contributed by atoms with Crippen LogP contribution in [0.1, 0.15) is 25.3 Å². The van der Waals surface area contributed by atoms with Crippen molar-refractivity contribution in [2.75, 3.05) is 13.7 Å². The van der Waals surface area contributed by atoms with E-state index in [4.69, 9.17) is 4.74 Å². The molecule has 1 rings (SSSR count). The van der Waals surface area contributed by atoms with E-state index in [0.717, 1.165) is 0 Å². The van der Waals surface area contributed by atoms with E-state index in [1.165, 1.54) is 17.0 Å². The molecule has 0 fully saturated rings. The first-order valence-corrected chi connectivity index (χ1v) is 6.17. The summed E-state index contributed by atoms with van der Waals surface area (Å²) in [5.74, 6) is -0.878. The van der Waals surface area contributed by atoms with E-state index in [0.29, 0.717) is 18.7 Å². The van der Waals surface area contributed by atoms with Gasteiger partial charge in [-0.1, -0.05) is 12.1 Å². The fraction of sp³-hybridized carbons (Fsp3) is 0.429. The van der Waals surface area contributed by atoms with E-state index in [1.54, 1.807) is 26.1 Å². The largest absolute Gasteiger partial charge is 0.466 e. The van der Waals surface area contributed by atoms with Gasteiger partial charge in [0.15, 0.2) is 0 Å². The molecule has 1 aromatic rings. The lowest BCUT2D eigenvalue weighted by Gasteiger charge is -2.17. The van der Waals surface area contributed by atoms with Crippen LogP contribution in [0, 0.1) is 5.82 Å². The topological polar surface area (TPSA) is 46.6 Å². The Hall–Kier alpha value is -1.91. The highest BCUT2D eigenvalue weighted by Crippen LogP contribution is 2.08. The maximum Gasteiger partial charge on any atom is 0.306 e. The van der Waals surface area contributed by atoms with Crippen LogP contribution >= 0.6 is 0 Å². The summed E-state index contributed by atoms with van der Waals surface area (Å²) < 4.78 is 17.7.